The molecule has 0 aromatic carbocycles. The zero-order valence-corrected chi connectivity index (χ0v) is 7.20. The normalized spacial score (nSPS) is 25.2. The van der Waals surface area contributed by atoms with Crippen molar-refractivity contribution >= 4 is 6.21 Å². The molecule has 1 heterocycles. The summed E-state index contributed by atoms with van der Waals surface area (Å²) in [6, 6.07) is 0.165. The van der Waals surface area contributed by atoms with Gasteiger partial charge in [0.2, 0.25) is 0 Å². The quantitative estimate of drug-likeness (QED) is 0.483. The Hall–Kier alpha value is -1.49. The maximum atomic E-state index is 4.16. The van der Waals surface area contributed by atoms with Crippen molar-refractivity contribution in [1.82, 2.24) is 5.01 Å². The lowest BCUT2D eigenvalue weighted by molar-refractivity contribution is 0.360. The van der Waals surface area contributed by atoms with E-state index in [2.05, 4.69) is 23.0 Å². The minimum atomic E-state index is 0.165. The van der Waals surface area contributed by atoms with Crippen LogP contribution in [0.3, 0.4) is 0 Å². The molecule has 0 aromatic heterocycles. The van der Waals surface area contributed by atoms with Gasteiger partial charge in [-0.15, -0.1) is 0 Å². The van der Waals surface area contributed by atoms with E-state index in [1.807, 2.05) is 31.3 Å². The molecule has 2 heteroatoms. The van der Waals surface area contributed by atoms with Crippen LogP contribution in [0.5, 0.6) is 0 Å². The summed E-state index contributed by atoms with van der Waals surface area (Å²) in [5, 5.41) is 6.04. The minimum Gasteiger partial charge on any atom is -0.280 e. The Balaban J connectivity index is 2.41. The van der Waals surface area contributed by atoms with E-state index in [9.17, 15) is 0 Å². The first-order valence-corrected chi connectivity index (χ1v) is 3.94. The SMILES string of the molecule is CC1=CC=C2C=NN(C)C2C#C1. The molecule has 1 aliphatic carbocycles. The van der Waals surface area contributed by atoms with Crippen LogP contribution in [0.1, 0.15) is 6.92 Å². The molecule has 1 aliphatic heterocycles. The molecule has 2 rings (SSSR count). The Morgan fingerprint density at radius 1 is 1.50 bits per heavy atom. The lowest BCUT2D eigenvalue weighted by Crippen LogP contribution is -2.21. The van der Waals surface area contributed by atoms with Crippen molar-refractivity contribution in [2.45, 2.75) is 13.0 Å². The lowest BCUT2D eigenvalue weighted by atomic mass is 10.1. The van der Waals surface area contributed by atoms with E-state index in [0.717, 1.165) is 5.57 Å². The summed E-state index contributed by atoms with van der Waals surface area (Å²) < 4.78 is 0. The van der Waals surface area contributed by atoms with Gasteiger partial charge in [0.15, 0.2) is 0 Å². The first-order valence-electron chi connectivity index (χ1n) is 3.94. The number of hydrogen-bond donors (Lipinski definition) is 0. The zero-order valence-electron chi connectivity index (χ0n) is 7.20. The average molecular weight is 158 g/mol. The summed E-state index contributed by atoms with van der Waals surface area (Å²) in [6.45, 7) is 2.02. The molecule has 0 N–H and O–H groups in total. The molecule has 0 aromatic rings. The van der Waals surface area contributed by atoms with Gasteiger partial charge in [0.1, 0.15) is 6.04 Å². The molecule has 0 spiro atoms. The predicted octanol–water partition coefficient (Wildman–Crippen LogP) is 1.18. The third kappa shape index (κ3) is 1.04. The Morgan fingerprint density at radius 3 is 3.17 bits per heavy atom. The summed E-state index contributed by atoms with van der Waals surface area (Å²) in [7, 11) is 1.94. The van der Waals surface area contributed by atoms with Crippen LogP contribution in [-0.2, 0) is 0 Å². The fourth-order valence-electron chi connectivity index (χ4n) is 1.27. The monoisotopic (exact) mass is 158 g/mol. The van der Waals surface area contributed by atoms with Crippen LogP contribution in [-0.4, -0.2) is 24.3 Å². The van der Waals surface area contributed by atoms with Gasteiger partial charge in [-0.05, 0) is 12.5 Å². The Kier molecular flexibility index (Phi) is 1.51. The molecule has 0 radical (unpaired) electrons. The molecular weight excluding hydrogens is 148 g/mol. The summed E-state index contributed by atoms with van der Waals surface area (Å²) in [5.41, 5.74) is 2.29. The number of rotatable bonds is 0. The van der Waals surface area contributed by atoms with Crippen LogP contribution in [0.4, 0.5) is 0 Å². The van der Waals surface area contributed by atoms with Crippen LogP contribution in [0.25, 0.3) is 0 Å². The Labute approximate surface area is 72.3 Å². The molecular formula is C10H10N2. The van der Waals surface area contributed by atoms with Gasteiger partial charge in [-0.25, -0.2) is 0 Å². The maximum Gasteiger partial charge on any atom is 0.134 e. The van der Waals surface area contributed by atoms with Crippen LogP contribution < -0.4 is 0 Å². The summed E-state index contributed by atoms with van der Waals surface area (Å²) in [6.07, 6.45) is 5.97. The molecule has 1 unspecified atom stereocenters. The first kappa shape index (κ1) is 7.17. The van der Waals surface area contributed by atoms with Crippen molar-refractivity contribution in [2.24, 2.45) is 5.10 Å². The second-order valence-electron chi connectivity index (χ2n) is 3.01. The van der Waals surface area contributed by atoms with Crippen molar-refractivity contribution in [1.29, 1.82) is 0 Å². The summed E-state index contributed by atoms with van der Waals surface area (Å²) in [4.78, 5) is 0. The maximum absolute atomic E-state index is 4.16. The second-order valence-corrected chi connectivity index (χ2v) is 3.01. The lowest BCUT2D eigenvalue weighted by Gasteiger charge is -2.12. The van der Waals surface area contributed by atoms with E-state index >= 15 is 0 Å². The van der Waals surface area contributed by atoms with Crippen LogP contribution in [0.2, 0.25) is 0 Å². The van der Waals surface area contributed by atoms with E-state index in [1.165, 1.54) is 5.57 Å². The zero-order chi connectivity index (χ0) is 8.55. The number of hydrogen-bond acceptors (Lipinski definition) is 2. The standard InChI is InChI=1S/C10H10N2/c1-8-3-5-9-7-11-12(2)10(9)6-4-8/h3,5,7,10H,1-2H3. The number of likely N-dealkylation sites (N-methyl/N-ethyl adjacent to an activating group) is 1. The van der Waals surface area contributed by atoms with Gasteiger partial charge in [0, 0.05) is 12.6 Å². The molecule has 0 fully saturated rings. The van der Waals surface area contributed by atoms with Crippen molar-refractivity contribution in [3.63, 3.8) is 0 Å². The number of allylic oxidation sites excluding steroid dienone is 3. The van der Waals surface area contributed by atoms with E-state index < -0.39 is 0 Å². The number of fused-ring (bicyclic) bond motifs is 1. The molecule has 0 saturated carbocycles. The fraction of sp³-hybridized carbons (Fsp3) is 0.300. The van der Waals surface area contributed by atoms with Crippen molar-refractivity contribution in [2.75, 3.05) is 7.05 Å². The van der Waals surface area contributed by atoms with Crippen molar-refractivity contribution in [3.8, 4) is 11.8 Å². The van der Waals surface area contributed by atoms with Gasteiger partial charge in [-0.1, -0.05) is 24.0 Å². The number of hydrazone groups is 1. The molecule has 2 nitrogen and oxygen atoms in total. The van der Waals surface area contributed by atoms with E-state index in [-0.39, 0.29) is 6.04 Å². The molecule has 2 aliphatic rings. The first-order chi connectivity index (χ1) is 5.77. The highest BCUT2D eigenvalue weighted by Crippen LogP contribution is 2.16. The summed E-state index contributed by atoms with van der Waals surface area (Å²) in [5.74, 6) is 6.24. The molecule has 1 atom stereocenters. The van der Waals surface area contributed by atoms with Crippen LogP contribution in [0.15, 0.2) is 28.4 Å². The van der Waals surface area contributed by atoms with Gasteiger partial charge in [-0.2, -0.15) is 5.10 Å². The van der Waals surface area contributed by atoms with Gasteiger partial charge < -0.3 is 0 Å². The van der Waals surface area contributed by atoms with Gasteiger partial charge in [0.25, 0.3) is 0 Å². The largest absolute Gasteiger partial charge is 0.280 e. The van der Waals surface area contributed by atoms with E-state index in [0.29, 0.717) is 0 Å². The topological polar surface area (TPSA) is 15.6 Å². The average Bonchev–Trinajstić information content (AvgIpc) is 2.28. The highest BCUT2D eigenvalue weighted by molar-refractivity contribution is 5.84. The Bertz CT molecular complexity index is 350. The highest BCUT2D eigenvalue weighted by Gasteiger charge is 2.20. The molecule has 12 heavy (non-hydrogen) atoms. The van der Waals surface area contributed by atoms with E-state index in [4.69, 9.17) is 0 Å². The van der Waals surface area contributed by atoms with Gasteiger partial charge >= 0.3 is 0 Å². The van der Waals surface area contributed by atoms with Gasteiger partial charge in [-0.3, -0.25) is 5.01 Å². The molecule has 60 valence electrons. The van der Waals surface area contributed by atoms with Gasteiger partial charge in [0.05, 0.1) is 6.21 Å². The smallest absolute Gasteiger partial charge is 0.134 e. The second kappa shape index (κ2) is 2.53. The van der Waals surface area contributed by atoms with Crippen LogP contribution in [0, 0.1) is 11.8 Å². The molecule has 0 saturated heterocycles. The van der Waals surface area contributed by atoms with Crippen molar-refractivity contribution < 1.29 is 0 Å². The minimum absolute atomic E-state index is 0.165. The highest BCUT2D eigenvalue weighted by atomic mass is 15.5. The predicted molar refractivity (Wildman–Crippen MR) is 49.7 cm³/mol. The fourth-order valence-corrected chi connectivity index (χ4v) is 1.27. The van der Waals surface area contributed by atoms with E-state index in [1.54, 1.807) is 0 Å². The number of nitrogens with zero attached hydrogens (tertiary/aromatic N) is 2. The van der Waals surface area contributed by atoms with Crippen molar-refractivity contribution in [3.05, 3.63) is 23.3 Å². The molecule has 0 amide bonds. The third-order valence-electron chi connectivity index (χ3n) is 2.01. The van der Waals surface area contributed by atoms with Crippen LogP contribution >= 0.6 is 0 Å². The molecule has 0 bridgehead atoms. The third-order valence-corrected chi connectivity index (χ3v) is 2.01. The Morgan fingerprint density at radius 2 is 2.33 bits per heavy atom. The summed E-state index contributed by atoms with van der Waals surface area (Å²) >= 11 is 0.